The maximum Gasteiger partial charge on any atom is 0.148 e. The second-order valence-electron chi connectivity index (χ2n) is 3.21. The first-order valence-corrected chi connectivity index (χ1v) is 4.50. The van der Waals surface area contributed by atoms with Crippen molar-refractivity contribution in [2.24, 2.45) is 0 Å². The Balaban J connectivity index is 2.97. The number of aliphatic hydroxyl groups is 1. The highest BCUT2D eigenvalue weighted by Crippen LogP contribution is 2.25. The number of rotatable bonds is 3. The summed E-state index contributed by atoms with van der Waals surface area (Å²) >= 11 is 0. The minimum atomic E-state index is -0.539. The summed E-state index contributed by atoms with van der Waals surface area (Å²) in [6, 6.07) is 5.66. The second kappa shape index (κ2) is 4.69. The Labute approximate surface area is 84.5 Å². The highest BCUT2D eigenvalue weighted by atomic mass is 16.5. The van der Waals surface area contributed by atoms with Crippen LogP contribution in [0.5, 0.6) is 5.75 Å². The van der Waals surface area contributed by atoms with Crippen molar-refractivity contribution in [2.45, 2.75) is 20.0 Å². The van der Waals surface area contributed by atoms with E-state index in [0.717, 1.165) is 11.1 Å². The zero-order valence-corrected chi connectivity index (χ0v) is 8.45. The van der Waals surface area contributed by atoms with Crippen LogP contribution in [-0.2, 0) is 0 Å². The van der Waals surface area contributed by atoms with Crippen molar-refractivity contribution in [1.82, 2.24) is 0 Å². The van der Waals surface area contributed by atoms with E-state index in [9.17, 15) is 5.11 Å². The minimum absolute atomic E-state index is 0.225. The zero-order chi connectivity index (χ0) is 10.6. The number of ether oxygens (including phenoxy) is 1. The van der Waals surface area contributed by atoms with Crippen molar-refractivity contribution in [3.05, 3.63) is 29.3 Å². The molecule has 0 spiro atoms. The van der Waals surface area contributed by atoms with E-state index in [1.165, 1.54) is 0 Å². The fraction of sp³-hybridized carbons (Fsp3) is 0.333. The van der Waals surface area contributed by atoms with Gasteiger partial charge in [0.05, 0.1) is 6.10 Å². The summed E-state index contributed by atoms with van der Waals surface area (Å²) in [4.78, 5) is 0. The number of hydrogen-bond acceptors (Lipinski definition) is 2. The molecule has 1 aromatic carbocycles. The third kappa shape index (κ3) is 2.51. The number of hydrogen-bond donors (Lipinski definition) is 1. The lowest BCUT2D eigenvalue weighted by molar-refractivity contribution is 0.193. The molecule has 0 bridgehead atoms. The van der Waals surface area contributed by atoms with Gasteiger partial charge in [-0.1, -0.05) is 17.6 Å². The van der Waals surface area contributed by atoms with Crippen molar-refractivity contribution >= 4 is 0 Å². The minimum Gasteiger partial charge on any atom is -0.481 e. The fourth-order valence-electron chi connectivity index (χ4n) is 1.25. The van der Waals surface area contributed by atoms with Crippen molar-refractivity contribution in [1.29, 1.82) is 0 Å². The van der Waals surface area contributed by atoms with Crippen LogP contribution in [0, 0.1) is 19.3 Å². The van der Waals surface area contributed by atoms with Gasteiger partial charge in [-0.3, -0.25) is 0 Å². The van der Waals surface area contributed by atoms with E-state index in [4.69, 9.17) is 11.2 Å². The summed E-state index contributed by atoms with van der Waals surface area (Å²) in [5, 5.41) is 9.50. The number of aliphatic hydroxyl groups excluding tert-OH is 1. The number of aryl methyl sites for hydroxylation is 1. The summed E-state index contributed by atoms with van der Waals surface area (Å²) < 4.78 is 5.31. The van der Waals surface area contributed by atoms with Crippen molar-refractivity contribution in [2.75, 3.05) is 6.61 Å². The quantitative estimate of drug-likeness (QED) is 0.739. The van der Waals surface area contributed by atoms with E-state index in [1.807, 2.05) is 25.1 Å². The van der Waals surface area contributed by atoms with Crippen molar-refractivity contribution < 1.29 is 9.84 Å². The first kappa shape index (κ1) is 10.6. The lowest BCUT2D eigenvalue weighted by atomic mass is 10.1. The molecule has 2 heteroatoms. The molecule has 0 aromatic heterocycles. The molecule has 0 unspecified atom stereocenters. The third-order valence-electron chi connectivity index (χ3n) is 1.93. The average Bonchev–Trinajstić information content (AvgIpc) is 2.15. The molecule has 2 nitrogen and oxygen atoms in total. The molecule has 1 N–H and O–H groups in total. The van der Waals surface area contributed by atoms with E-state index in [1.54, 1.807) is 6.92 Å². The Morgan fingerprint density at radius 3 is 2.86 bits per heavy atom. The predicted octanol–water partition coefficient (Wildman–Crippen LogP) is 2.06. The Kier molecular flexibility index (Phi) is 3.55. The van der Waals surface area contributed by atoms with Crippen LogP contribution >= 0.6 is 0 Å². The monoisotopic (exact) mass is 190 g/mol. The third-order valence-corrected chi connectivity index (χ3v) is 1.93. The Bertz CT molecular complexity index is 348. The highest BCUT2D eigenvalue weighted by Gasteiger charge is 2.08. The molecule has 0 saturated carbocycles. The molecule has 0 saturated heterocycles. The molecular formula is C12H14O2. The standard InChI is InChI=1S/C12H14O2/c1-4-7-14-12-6-5-9(2)8-11(12)10(3)13/h1,5-6,8,10,13H,7H2,2-3H3/t10-/m1/s1. The summed E-state index contributed by atoms with van der Waals surface area (Å²) in [6.45, 7) is 3.90. The van der Waals surface area contributed by atoms with Crippen molar-refractivity contribution in [3.8, 4) is 18.1 Å². The van der Waals surface area contributed by atoms with Crippen molar-refractivity contribution in [3.63, 3.8) is 0 Å². The van der Waals surface area contributed by atoms with Crippen LogP contribution < -0.4 is 4.74 Å². The van der Waals surface area contributed by atoms with Gasteiger partial charge in [0.25, 0.3) is 0 Å². The van der Waals surface area contributed by atoms with Crippen LogP contribution in [0.4, 0.5) is 0 Å². The van der Waals surface area contributed by atoms with Gasteiger partial charge in [0, 0.05) is 5.56 Å². The molecule has 0 heterocycles. The smallest absolute Gasteiger partial charge is 0.148 e. The lowest BCUT2D eigenvalue weighted by Crippen LogP contribution is -2.00. The average molecular weight is 190 g/mol. The number of terminal acetylenes is 1. The topological polar surface area (TPSA) is 29.5 Å². The molecular weight excluding hydrogens is 176 g/mol. The molecule has 1 atom stereocenters. The molecule has 0 fully saturated rings. The molecule has 0 aliphatic heterocycles. The Morgan fingerprint density at radius 1 is 1.57 bits per heavy atom. The maximum atomic E-state index is 9.50. The lowest BCUT2D eigenvalue weighted by Gasteiger charge is -2.12. The molecule has 0 aliphatic carbocycles. The summed E-state index contributed by atoms with van der Waals surface area (Å²) in [6.07, 6.45) is 4.56. The van der Waals surface area contributed by atoms with Gasteiger partial charge < -0.3 is 9.84 Å². The summed E-state index contributed by atoms with van der Waals surface area (Å²) in [5.74, 6) is 3.05. The molecule has 74 valence electrons. The Hall–Kier alpha value is -1.46. The Morgan fingerprint density at radius 2 is 2.29 bits per heavy atom. The summed E-state index contributed by atoms with van der Waals surface area (Å²) in [5.41, 5.74) is 1.87. The first-order valence-electron chi connectivity index (χ1n) is 4.50. The van der Waals surface area contributed by atoms with E-state index >= 15 is 0 Å². The largest absolute Gasteiger partial charge is 0.481 e. The van der Waals surface area contributed by atoms with Gasteiger partial charge in [-0.2, -0.15) is 0 Å². The van der Waals surface area contributed by atoms with Crippen LogP contribution in [0.15, 0.2) is 18.2 Å². The van der Waals surface area contributed by atoms with E-state index < -0.39 is 6.10 Å². The highest BCUT2D eigenvalue weighted by molar-refractivity contribution is 5.38. The molecule has 0 amide bonds. The predicted molar refractivity (Wildman–Crippen MR) is 56.1 cm³/mol. The molecule has 0 radical (unpaired) electrons. The van der Waals surface area contributed by atoms with E-state index in [0.29, 0.717) is 5.75 Å². The molecule has 1 aromatic rings. The van der Waals surface area contributed by atoms with Gasteiger partial charge in [0.2, 0.25) is 0 Å². The van der Waals surface area contributed by atoms with Crippen LogP contribution in [0.1, 0.15) is 24.2 Å². The van der Waals surface area contributed by atoms with Gasteiger partial charge in [0.15, 0.2) is 0 Å². The van der Waals surface area contributed by atoms with Gasteiger partial charge >= 0.3 is 0 Å². The maximum absolute atomic E-state index is 9.50. The SMILES string of the molecule is C#CCOc1ccc(C)cc1[C@@H](C)O. The van der Waals surface area contributed by atoms with Gasteiger partial charge in [-0.15, -0.1) is 6.42 Å². The van der Waals surface area contributed by atoms with Gasteiger partial charge in [-0.05, 0) is 26.0 Å². The van der Waals surface area contributed by atoms with Crippen LogP contribution in [0.2, 0.25) is 0 Å². The summed E-state index contributed by atoms with van der Waals surface area (Å²) in [7, 11) is 0. The van der Waals surface area contributed by atoms with Crippen LogP contribution in [0.3, 0.4) is 0 Å². The van der Waals surface area contributed by atoms with Crippen LogP contribution in [0.25, 0.3) is 0 Å². The first-order chi connectivity index (χ1) is 6.65. The second-order valence-corrected chi connectivity index (χ2v) is 3.21. The zero-order valence-electron chi connectivity index (χ0n) is 8.45. The van der Waals surface area contributed by atoms with Crippen LogP contribution in [-0.4, -0.2) is 11.7 Å². The number of benzene rings is 1. The molecule has 1 rings (SSSR count). The molecule has 14 heavy (non-hydrogen) atoms. The van der Waals surface area contributed by atoms with E-state index in [-0.39, 0.29) is 6.61 Å². The van der Waals surface area contributed by atoms with Gasteiger partial charge in [0.1, 0.15) is 12.4 Å². The van der Waals surface area contributed by atoms with E-state index in [2.05, 4.69) is 5.92 Å². The fourth-order valence-corrected chi connectivity index (χ4v) is 1.25. The normalized spacial score (nSPS) is 11.9. The molecule has 0 aliphatic rings. The van der Waals surface area contributed by atoms with Gasteiger partial charge in [-0.25, -0.2) is 0 Å².